The molecule has 32 heavy (non-hydrogen) atoms. The van der Waals surface area contributed by atoms with Gasteiger partial charge in [0.15, 0.2) is 0 Å². The smallest absolute Gasteiger partial charge is 0.271 e. The number of fused-ring (bicyclic) bond motifs is 2. The van der Waals surface area contributed by atoms with Gasteiger partial charge in [-0.1, -0.05) is 24.3 Å². The summed E-state index contributed by atoms with van der Waals surface area (Å²) >= 11 is 0. The highest BCUT2D eigenvalue weighted by atomic mass is 16.5. The first-order valence-electron chi connectivity index (χ1n) is 11.4. The molecule has 3 amide bonds. The number of nitrogens with two attached hydrogens (primary N) is 1. The summed E-state index contributed by atoms with van der Waals surface area (Å²) in [5, 5.41) is 2.84. The van der Waals surface area contributed by atoms with E-state index in [1.807, 2.05) is 6.07 Å². The molecule has 3 unspecified atom stereocenters. The van der Waals surface area contributed by atoms with Crippen LogP contribution in [0, 0.1) is 11.8 Å². The van der Waals surface area contributed by atoms with Gasteiger partial charge in [-0.2, -0.15) is 0 Å². The summed E-state index contributed by atoms with van der Waals surface area (Å²) in [7, 11) is 1.66. The third-order valence-corrected chi connectivity index (χ3v) is 7.58. The summed E-state index contributed by atoms with van der Waals surface area (Å²) in [6.45, 7) is 3.71. The molecular weight excluding hydrogens is 408 g/mol. The van der Waals surface area contributed by atoms with Gasteiger partial charge in [0.05, 0.1) is 12.6 Å². The quantitative estimate of drug-likeness (QED) is 0.730. The lowest BCUT2D eigenvalue weighted by atomic mass is 9.69. The lowest BCUT2D eigenvalue weighted by Crippen LogP contribution is -2.61. The van der Waals surface area contributed by atoms with Crippen molar-refractivity contribution in [2.75, 3.05) is 13.7 Å². The monoisotopic (exact) mass is 440 g/mol. The molecule has 0 spiro atoms. The van der Waals surface area contributed by atoms with E-state index in [1.165, 1.54) is 16.0 Å². The molecule has 8 heteroatoms. The Bertz CT molecular complexity index is 961. The van der Waals surface area contributed by atoms with Crippen LogP contribution in [0.2, 0.25) is 0 Å². The van der Waals surface area contributed by atoms with Crippen LogP contribution in [-0.2, 0) is 32.0 Å². The van der Waals surface area contributed by atoms with Crippen LogP contribution in [0.15, 0.2) is 29.3 Å². The Labute approximate surface area is 188 Å². The number of primary amides is 1. The molecule has 1 aromatic rings. The first-order valence-corrected chi connectivity index (χ1v) is 11.4. The van der Waals surface area contributed by atoms with Crippen molar-refractivity contribution < 1.29 is 19.1 Å². The Morgan fingerprint density at radius 1 is 1.28 bits per heavy atom. The second kappa shape index (κ2) is 8.75. The van der Waals surface area contributed by atoms with Crippen LogP contribution < -0.4 is 11.1 Å². The third kappa shape index (κ3) is 3.75. The maximum Gasteiger partial charge on any atom is 0.271 e. The zero-order valence-corrected chi connectivity index (χ0v) is 19.0. The fraction of sp³-hybridized carbons (Fsp3) is 0.583. The SMILES string of the molecule is CN[C@@H](C)C(=O)N=C1CCO[C@H]2CC(C3CCc4ccccc4C3)C(C)(C(N)=O)N2C1=O. The molecule has 0 saturated carbocycles. The molecule has 0 bridgehead atoms. The number of aliphatic imine (C=N–C) groups is 1. The molecule has 2 aliphatic heterocycles. The van der Waals surface area contributed by atoms with Crippen LogP contribution in [0.5, 0.6) is 0 Å². The van der Waals surface area contributed by atoms with Gasteiger partial charge < -0.3 is 15.8 Å². The molecule has 8 nitrogen and oxygen atoms in total. The van der Waals surface area contributed by atoms with E-state index in [-0.39, 0.29) is 30.6 Å². The standard InChI is InChI=1S/C24H32N4O4/c1-14(26-3)21(29)27-19-10-11-32-20-13-18(24(2,23(25)31)28(20)22(19)30)17-9-8-15-6-4-5-7-16(15)12-17/h4-7,14,17-18,20,26H,8-13H2,1-3H3,(H2,25,31)/t14-,17?,18?,20-,24?/m0/s1. The van der Waals surface area contributed by atoms with E-state index in [4.69, 9.17) is 10.5 Å². The fourth-order valence-electron chi connectivity index (χ4n) is 5.53. The average Bonchev–Trinajstić information content (AvgIpc) is 3.00. The first-order chi connectivity index (χ1) is 15.3. The number of hydrogen-bond donors (Lipinski definition) is 2. The highest BCUT2D eigenvalue weighted by Gasteiger charge is 2.60. The lowest BCUT2D eigenvalue weighted by Gasteiger charge is -2.41. The number of benzene rings is 1. The Balaban J connectivity index is 1.66. The molecule has 3 aliphatic rings. The first kappa shape index (κ1) is 22.6. The van der Waals surface area contributed by atoms with Gasteiger partial charge in [-0.05, 0) is 69.5 Å². The summed E-state index contributed by atoms with van der Waals surface area (Å²) in [6, 6.07) is 7.87. The Hall–Kier alpha value is -2.58. The number of aryl methyl sites for hydroxylation is 1. The van der Waals surface area contributed by atoms with E-state index in [2.05, 4.69) is 28.5 Å². The maximum atomic E-state index is 13.6. The number of ether oxygens (including phenoxy) is 1. The maximum absolute atomic E-state index is 13.6. The van der Waals surface area contributed by atoms with Crippen LogP contribution in [0.4, 0.5) is 0 Å². The van der Waals surface area contributed by atoms with Gasteiger partial charge in [0.25, 0.3) is 11.8 Å². The van der Waals surface area contributed by atoms with Gasteiger partial charge in [0, 0.05) is 6.42 Å². The topological polar surface area (TPSA) is 114 Å². The molecule has 2 saturated heterocycles. The molecular formula is C24H32N4O4. The van der Waals surface area contributed by atoms with Crippen molar-refractivity contribution in [3.05, 3.63) is 35.4 Å². The van der Waals surface area contributed by atoms with E-state index in [0.717, 1.165) is 19.3 Å². The predicted octanol–water partition coefficient (Wildman–Crippen LogP) is 1.21. The molecule has 2 heterocycles. The third-order valence-electron chi connectivity index (χ3n) is 7.58. The van der Waals surface area contributed by atoms with E-state index in [0.29, 0.717) is 6.42 Å². The summed E-state index contributed by atoms with van der Waals surface area (Å²) in [6.07, 6.45) is 2.94. The minimum atomic E-state index is -1.21. The fourth-order valence-corrected chi connectivity index (χ4v) is 5.53. The summed E-state index contributed by atoms with van der Waals surface area (Å²) in [5.41, 5.74) is 7.51. The molecule has 3 N–H and O–H groups in total. The minimum Gasteiger partial charge on any atom is -0.368 e. The zero-order valence-electron chi connectivity index (χ0n) is 19.0. The van der Waals surface area contributed by atoms with Crippen molar-refractivity contribution in [3.8, 4) is 0 Å². The molecule has 1 aromatic carbocycles. The predicted molar refractivity (Wildman–Crippen MR) is 120 cm³/mol. The normalized spacial score (nSPS) is 32.2. The van der Waals surface area contributed by atoms with Crippen molar-refractivity contribution in [2.24, 2.45) is 22.6 Å². The van der Waals surface area contributed by atoms with Crippen LogP contribution in [0.25, 0.3) is 0 Å². The van der Waals surface area contributed by atoms with Gasteiger partial charge in [0.1, 0.15) is 17.5 Å². The Kier molecular flexibility index (Phi) is 6.18. The number of amides is 3. The number of likely N-dealkylation sites (N-methyl/N-ethyl adjacent to an activating group) is 1. The average molecular weight is 441 g/mol. The number of carbonyl (C=O) groups excluding carboxylic acids is 3. The second-order valence-corrected chi connectivity index (χ2v) is 9.28. The van der Waals surface area contributed by atoms with E-state index >= 15 is 0 Å². The van der Waals surface area contributed by atoms with Crippen LogP contribution in [-0.4, -0.2) is 59.8 Å². The van der Waals surface area contributed by atoms with Crippen molar-refractivity contribution >= 4 is 23.4 Å². The molecule has 0 radical (unpaired) electrons. The van der Waals surface area contributed by atoms with Crippen molar-refractivity contribution in [1.29, 1.82) is 0 Å². The second-order valence-electron chi connectivity index (χ2n) is 9.28. The highest BCUT2D eigenvalue weighted by molar-refractivity contribution is 6.41. The van der Waals surface area contributed by atoms with Gasteiger partial charge in [-0.15, -0.1) is 0 Å². The molecule has 172 valence electrons. The highest BCUT2D eigenvalue weighted by Crippen LogP contribution is 2.48. The van der Waals surface area contributed by atoms with Crippen molar-refractivity contribution in [3.63, 3.8) is 0 Å². The molecule has 1 aliphatic carbocycles. The Morgan fingerprint density at radius 2 is 2.00 bits per heavy atom. The summed E-state index contributed by atoms with van der Waals surface area (Å²) in [4.78, 5) is 44.4. The lowest BCUT2D eigenvalue weighted by molar-refractivity contribution is -0.150. The zero-order chi connectivity index (χ0) is 23.0. The van der Waals surface area contributed by atoms with Crippen molar-refractivity contribution in [2.45, 2.75) is 63.8 Å². The number of hydrogen-bond acceptors (Lipinski definition) is 5. The van der Waals surface area contributed by atoms with Gasteiger partial charge >= 0.3 is 0 Å². The summed E-state index contributed by atoms with van der Waals surface area (Å²) in [5.74, 6) is -1.32. The molecule has 2 fully saturated rings. The van der Waals surface area contributed by atoms with Gasteiger partial charge in [0.2, 0.25) is 5.91 Å². The number of nitrogens with zero attached hydrogens (tertiary/aromatic N) is 2. The van der Waals surface area contributed by atoms with Crippen LogP contribution in [0.3, 0.4) is 0 Å². The minimum absolute atomic E-state index is 0.127. The van der Waals surface area contributed by atoms with E-state index in [9.17, 15) is 14.4 Å². The Morgan fingerprint density at radius 3 is 2.69 bits per heavy atom. The number of rotatable bonds is 4. The molecule has 4 rings (SSSR count). The van der Waals surface area contributed by atoms with Gasteiger partial charge in [-0.3, -0.25) is 19.3 Å². The van der Waals surface area contributed by atoms with Crippen LogP contribution >= 0.6 is 0 Å². The molecule has 5 atom stereocenters. The number of carbonyl (C=O) groups is 3. The van der Waals surface area contributed by atoms with E-state index in [1.54, 1.807) is 20.9 Å². The summed E-state index contributed by atoms with van der Waals surface area (Å²) < 4.78 is 6.02. The van der Waals surface area contributed by atoms with Crippen LogP contribution in [0.1, 0.15) is 44.2 Å². The van der Waals surface area contributed by atoms with Crippen molar-refractivity contribution in [1.82, 2.24) is 10.2 Å². The number of nitrogens with one attached hydrogen (secondary N) is 1. The largest absolute Gasteiger partial charge is 0.368 e. The van der Waals surface area contributed by atoms with Gasteiger partial charge in [-0.25, -0.2) is 4.99 Å². The molecule has 0 aromatic heterocycles. The van der Waals surface area contributed by atoms with E-state index < -0.39 is 35.5 Å².